The Labute approximate surface area is 67.3 Å². The summed E-state index contributed by atoms with van der Waals surface area (Å²) in [6.45, 7) is 1.01. The van der Waals surface area contributed by atoms with Crippen molar-refractivity contribution in [2.45, 2.75) is 19.3 Å². The van der Waals surface area contributed by atoms with E-state index >= 15 is 0 Å². The molecule has 1 heterocycles. The molecule has 1 aliphatic carbocycles. The van der Waals surface area contributed by atoms with Crippen LogP contribution in [0.15, 0.2) is 4.99 Å². The number of aliphatic imine (C=N–C) groups is 1. The number of amidine groups is 1. The van der Waals surface area contributed by atoms with Crippen LogP contribution in [0.25, 0.3) is 0 Å². The summed E-state index contributed by atoms with van der Waals surface area (Å²) in [6, 6.07) is 0. The molecule has 0 aromatic heterocycles. The molecule has 10 heavy (non-hydrogen) atoms. The lowest BCUT2D eigenvalue weighted by atomic mass is 9.70. The van der Waals surface area contributed by atoms with Gasteiger partial charge in [0.05, 0.1) is 5.84 Å². The summed E-state index contributed by atoms with van der Waals surface area (Å²) < 4.78 is 0. The molecule has 0 amide bonds. The Morgan fingerprint density at radius 2 is 2.00 bits per heavy atom. The van der Waals surface area contributed by atoms with Crippen molar-refractivity contribution in [1.29, 1.82) is 0 Å². The van der Waals surface area contributed by atoms with E-state index in [2.05, 4.69) is 4.99 Å². The Kier molecular flexibility index (Phi) is 2.19. The number of hydrogen-bond donors (Lipinski definition) is 1. The van der Waals surface area contributed by atoms with E-state index in [1.807, 2.05) is 0 Å². The molecule has 0 saturated heterocycles. The number of hydrogen-bond acceptors (Lipinski definition) is 2. The van der Waals surface area contributed by atoms with E-state index in [1.165, 1.54) is 12.8 Å². The highest BCUT2D eigenvalue weighted by molar-refractivity contribution is 5.85. The van der Waals surface area contributed by atoms with Crippen molar-refractivity contribution in [2.75, 3.05) is 6.54 Å². The molecule has 0 bridgehead atoms. The molecule has 2 N–H and O–H groups in total. The first-order valence-corrected chi connectivity index (χ1v) is 3.65. The van der Waals surface area contributed by atoms with Crippen LogP contribution in [-0.2, 0) is 0 Å². The predicted molar refractivity (Wildman–Crippen MR) is 44.6 cm³/mol. The van der Waals surface area contributed by atoms with Gasteiger partial charge in [-0.2, -0.15) is 0 Å². The molecule has 0 aromatic rings. The van der Waals surface area contributed by atoms with Crippen LogP contribution in [0.4, 0.5) is 0 Å². The van der Waals surface area contributed by atoms with Crippen LogP contribution in [0.2, 0.25) is 0 Å². The average molecular weight is 161 g/mol. The van der Waals surface area contributed by atoms with Gasteiger partial charge >= 0.3 is 0 Å². The first-order valence-electron chi connectivity index (χ1n) is 3.65. The van der Waals surface area contributed by atoms with Gasteiger partial charge in [0.2, 0.25) is 0 Å². The van der Waals surface area contributed by atoms with Gasteiger partial charge in [0, 0.05) is 13.0 Å². The van der Waals surface area contributed by atoms with Crippen LogP contribution in [0.3, 0.4) is 0 Å². The van der Waals surface area contributed by atoms with Gasteiger partial charge in [0.1, 0.15) is 0 Å². The summed E-state index contributed by atoms with van der Waals surface area (Å²) in [5.41, 5.74) is 5.57. The molecule has 1 saturated carbocycles. The zero-order chi connectivity index (χ0) is 6.27. The van der Waals surface area contributed by atoms with Crippen LogP contribution < -0.4 is 5.73 Å². The van der Waals surface area contributed by atoms with E-state index in [4.69, 9.17) is 5.73 Å². The van der Waals surface area contributed by atoms with Gasteiger partial charge in [-0.3, -0.25) is 4.99 Å². The minimum atomic E-state index is 0. The maximum absolute atomic E-state index is 5.57. The molecular weight excluding hydrogens is 148 g/mol. The first-order chi connectivity index (χ1) is 4.36. The van der Waals surface area contributed by atoms with Gasteiger partial charge < -0.3 is 5.73 Å². The monoisotopic (exact) mass is 160 g/mol. The maximum Gasteiger partial charge on any atom is 0.0940 e. The number of nitrogens with zero attached hydrogens (tertiary/aromatic N) is 1. The number of fused-ring (bicyclic) bond motifs is 1. The Morgan fingerprint density at radius 3 is 2.40 bits per heavy atom. The van der Waals surface area contributed by atoms with E-state index < -0.39 is 0 Å². The quantitative estimate of drug-likeness (QED) is 0.568. The van der Waals surface area contributed by atoms with E-state index in [0.29, 0.717) is 0 Å². The molecule has 0 radical (unpaired) electrons. The van der Waals surface area contributed by atoms with E-state index in [0.717, 1.165) is 30.6 Å². The minimum Gasteiger partial charge on any atom is -0.387 e. The van der Waals surface area contributed by atoms with Crippen LogP contribution in [0, 0.1) is 11.8 Å². The molecule has 3 heteroatoms. The second-order valence-corrected chi connectivity index (χ2v) is 3.13. The summed E-state index contributed by atoms with van der Waals surface area (Å²) in [7, 11) is 0. The SMILES string of the molecule is Cl.NC1=NC[C@H]2CC[C@H]2C1. The molecule has 0 spiro atoms. The molecule has 0 unspecified atom stereocenters. The fourth-order valence-corrected chi connectivity index (χ4v) is 1.71. The van der Waals surface area contributed by atoms with Gasteiger partial charge in [0.25, 0.3) is 0 Å². The molecule has 2 aliphatic rings. The summed E-state index contributed by atoms with van der Waals surface area (Å²) in [5.74, 6) is 2.69. The number of rotatable bonds is 0. The van der Waals surface area contributed by atoms with Crippen molar-refractivity contribution in [1.82, 2.24) is 0 Å². The van der Waals surface area contributed by atoms with Crippen molar-refractivity contribution in [3.05, 3.63) is 0 Å². The maximum atomic E-state index is 5.57. The third kappa shape index (κ3) is 1.12. The van der Waals surface area contributed by atoms with Crippen LogP contribution in [-0.4, -0.2) is 12.4 Å². The molecule has 0 aromatic carbocycles. The molecule has 1 fully saturated rings. The van der Waals surface area contributed by atoms with Gasteiger partial charge in [-0.05, 0) is 24.7 Å². The van der Waals surface area contributed by atoms with Gasteiger partial charge in [-0.1, -0.05) is 0 Å². The zero-order valence-corrected chi connectivity index (χ0v) is 6.73. The summed E-state index contributed by atoms with van der Waals surface area (Å²) >= 11 is 0. The van der Waals surface area contributed by atoms with Crippen LogP contribution in [0.5, 0.6) is 0 Å². The fraction of sp³-hybridized carbons (Fsp3) is 0.857. The van der Waals surface area contributed by atoms with E-state index in [-0.39, 0.29) is 12.4 Å². The Hall–Kier alpha value is -0.240. The molecule has 2 atom stereocenters. The fourth-order valence-electron chi connectivity index (χ4n) is 1.71. The summed E-state index contributed by atoms with van der Waals surface area (Å²) in [6.07, 6.45) is 3.85. The lowest BCUT2D eigenvalue weighted by Gasteiger charge is -2.38. The topological polar surface area (TPSA) is 38.4 Å². The second kappa shape index (κ2) is 2.79. The Morgan fingerprint density at radius 1 is 1.30 bits per heavy atom. The normalized spacial score (nSPS) is 36.6. The average Bonchev–Trinajstić information content (AvgIpc) is 1.78. The number of halogens is 1. The highest BCUT2D eigenvalue weighted by Crippen LogP contribution is 2.38. The molecule has 2 rings (SSSR count). The highest BCUT2D eigenvalue weighted by atomic mass is 35.5. The van der Waals surface area contributed by atoms with Crippen molar-refractivity contribution in [3.63, 3.8) is 0 Å². The Bertz CT molecular complexity index is 156. The van der Waals surface area contributed by atoms with Crippen LogP contribution >= 0.6 is 12.4 Å². The van der Waals surface area contributed by atoms with Crippen LogP contribution in [0.1, 0.15) is 19.3 Å². The predicted octanol–water partition coefficient (Wildman–Crippen LogP) is 1.20. The van der Waals surface area contributed by atoms with Crippen molar-refractivity contribution < 1.29 is 0 Å². The highest BCUT2D eigenvalue weighted by Gasteiger charge is 2.33. The number of nitrogens with two attached hydrogens (primary N) is 1. The summed E-state index contributed by atoms with van der Waals surface area (Å²) in [4.78, 5) is 4.21. The first kappa shape index (κ1) is 7.86. The molecular formula is C7H13ClN2. The third-order valence-electron chi connectivity index (χ3n) is 2.58. The zero-order valence-electron chi connectivity index (χ0n) is 5.92. The molecule has 2 nitrogen and oxygen atoms in total. The van der Waals surface area contributed by atoms with Crippen molar-refractivity contribution in [2.24, 2.45) is 22.6 Å². The second-order valence-electron chi connectivity index (χ2n) is 3.13. The lowest BCUT2D eigenvalue weighted by Crippen LogP contribution is -2.36. The largest absolute Gasteiger partial charge is 0.387 e. The van der Waals surface area contributed by atoms with Gasteiger partial charge in [-0.25, -0.2) is 0 Å². The van der Waals surface area contributed by atoms with Gasteiger partial charge in [0.15, 0.2) is 0 Å². The third-order valence-corrected chi connectivity index (χ3v) is 2.58. The van der Waals surface area contributed by atoms with E-state index in [1.54, 1.807) is 0 Å². The van der Waals surface area contributed by atoms with Crippen molar-refractivity contribution in [3.8, 4) is 0 Å². The molecule has 58 valence electrons. The standard InChI is InChI=1S/C7H12N2.ClH/c8-7-3-5-1-2-6(5)4-9-7;/h5-6H,1-4H2,(H2,8,9);1H/t5-,6+;/m0./s1. The Balaban J connectivity index is 0.000000500. The molecule has 1 aliphatic heterocycles. The lowest BCUT2D eigenvalue weighted by molar-refractivity contribution is 0.182. The van der Waals surface area contributed by atoms with Crippen molar-refractivity contribution >= 4 is 18.2 Å². The smallest absolute Gasteiger partial charge is 0.0940 e. The summed E-state index contributed by atoms with van der Waals surface area (Å²) in [5, 5.41) is 0. The van der Waals surface area contributed by atoms with E-state index in [9.17, 15) is 0 Å². The van der Waals surface area contributed by atoms with Gasteiger partial charge in [-0.15, -0.1) is 12.4 Å². The minimum absolute atomic E-state index is 0.